The Morgan fingerprint density at radius 3 is 2.78 bits per heavy atom. The smallest absolute Gasteiger partial charge is 0.193 e. The summed E-state index contributed by atoms with van der Waals surface area (Å²) in [6, 6.07) is 10.2. The molecule has 2 N–H and O–H groups in total. The van der Waals surface area contributed by atoms with Crippen molar-refractivity contribution in [2.24, 2.45) is 4.99 Å². The number of rotatable bonds is 6. The van der Waals surface area contributed by atoms with Crippen molar-refractivity contribution < 1.29 is 0 Å². The predicted molar refractivity (Wildman–Crippen MR) is 99.8 cm³/mol. The zero-order chi connectivity index (χ0) is 16.7. The van der Waals surface area contributed by atoms with Crippen LogP contribution in [0.3, 0.4) is 0 Å². The number of hydrogen-bond acceptors (Lipinski definition) is 3. The standard InChI is InChI=1S/C17H25N5S/c1-13(23-4)10-20-17(18-2)22(3)12-16-19-11-15(21-16)14-8-6-5-7-9-14/h5-9,11,13H,10,12H2,1-4H3,(H,18,20)(H,19,21). The molecule has 6 heteroatoms. The van der Waals surface area contributed by atoms with Crippen molar-refractivity contribution >= 4 is 17.7 Å². The number of aromatic nitrogens is 2. The molecule has 1 aromatic carbocycles. The molecule has 0 fully saturated rings. The Bertz CT molecular complexity index is 623. The first kappa shape index (κ1) is 17.4. The highest BCUT2D eigenvalue weighted by molar-refractivity contribution is 7.99. The summed E-state index contributed by atoms with van der Waals surface area (Å²) in [5.74, 6) is 1.80. The molecule has 0 bridgehead atoms. The molecule has 0 radical (unpaired) electrons. The number of thioether (sulfide) groups is 1. The Balaban J connectivity index is 1.97. The van der Waals surface area contributed by atoms with Crippen LogP contribution in [0, 0.1) is 0 Å². The van der Waals surface area contributed by atoms with Crippen LogP contribution in [0.4, 0.5) is 0 Å². The second kappa shape index (κ2) is 8.62. The molecule has 23 heavy (non-hydrogen) atoms. The molecule has 0 aliphatic carbocycles. The molecule has 1 aromatic heterocycles. The molecule has 0 saturated carbocycles. The van der Waals surface area contributed by atoms with E-state index in [9.17, 15) is 0 Å². The summed E-state index contributed by atoms with van der Waals surface area (Å²) >= 11 is 1.84. The van der Waals surface area contributed by atoms with Gasteiger partial charge in [0, 0.05) is 25.9 Å². The third kappa shape index (κ3) is 5.03. The van der Waals surface area contributed by atoms with Crippen molar-refractivity contribution in [3.05, 3.63) is 42.4 Å². The summed E-state index contributed by atoms with van der Waals surface area (Å²) in [6.45, 7) is 3.77. The summed E-state index contributed by atoms with van der Waals surface area (Å²) < 4.78 is 0. The summed E-state index contributed by atoms with van der Waals surface area (Å²) in [5.41, 5.74) is 2.18. The first-order valence-electron chi connectivity index (χ1n) is 7.68. The second-order valence-electron chi connectivity index (χ2n) is 5.44. The minimum absolute atomic E-state index is 0.549. The topological polar surface area (TPSA) is 56.3 Å². The van der Waals surface area contributed by atoms with Gasteiger partial charge in [0.15, 0.2) is 5.96 Å². The van der Waals surface area contributed by atoms with Crippen molar-refractivity contribution in [1.29, 1.82) is 0 Å². The van der Waals surface area contributed by atoms with Gasteiger partial charge in [-0.05, 0) is 11.8 Å². The van der Waals surface area contributed by atoms with E-state index >= 15 is 0 Å². The van der Waals surface area contributed by atoms with Gasteiger partial charge in [-0.2, -0.15) is 11.8 Å². The van der Waals surface area contributed by atoms with Gasteiger partial charge in [-0.3, -0.25) is 4.99 Å². The van der Waals surface area contributed by atoms with Gasteiger partial charge in [-0.1, -0.05) is 37.3 Å². The number of guanidine groups is 1. The number of H-pyrrole nitrogens is 1. The summed E-state index contributed by atoms with van der Waals surface area (Å²) in [4.78, 5) is 14.3. The third-order valence-corrected chi connectivity index (χ3v) is 4.59. The fourth-order valence-electron chi connectivity index (χ4n) is 2.21. The normalized spacial score (nSPS) is 13.0. The van der Waals surface area contributed by atoms with Crippen LogP contribution in [0.25, 0.3) is 11.3 Å². The molecule has 0 spiro atoms. The molecule has 2 rings (SSSR count). The summed E-state index contributed by atoms with van der Waals surface area (Å²) in [7, 11) is 3.82. The van der Waals surface area contributed by atoms with Gasteiger partial charge in [-0.15, -0.1) is 0 Å². The van der Waals surface area contributed by atoms with Crippen LogP contribution in [0.1, 0.15) is 12.7 Å². The van der Waals surface area contributed by atoms with E-state index in [0.717, 1.165) is 29.6 Å². The van der Waals surface area contributed by atoms with Gasteiger partial charge in [0.1, 0.15) is 5.82 Å². The van der Waals surface area contributed by atoms with E-state index in [-0.39, 0.29) is 0 Å². The van der Waals surface area contributed by atoms with Crippen molar-refractivity contribution in [3.63, 3.8) is 0 Å². The third-order valence-electron chi connectivity index (χ3n) is 3.62. The van der Waals surface area contributed by atoms with E-state index < -0.39 is 0 Å². The number of hydrogen-bond donors (Lipinski definition) is 2. The van der Waals surface area contributed by atoms with Crippen LogP contribution < -0.4 is 5.32 Å². The Morgan fingerprint density at radius 2 is 2.13 bits per heavy atom. The fourth-order valence-corrected chi connectivity index (χ4v) is 2.46. The highest BCUT2D eigenvalue weighted by atomic mass is 32.2. The zero-order valence-corrected chi connectivity index (χ0v) is 15.0. The van der Waals surface area contributed by atoms with Crippen LogP contribution in [0.2, 0.25) is 0 Å². The molecule has 124 valence electrons. The summed E-state index contributed by atoms with van der Waals surface area (Å²) in [6.07, 6.45) is 4.00. The second-order valence-corrected chi connectivity index (χ2v) is 6.72. The van der Waals surface area contributed by atoms with Crippen molar-refractivity contribution in [3.8, 4) is 11.3 Å². The number of benzene rings is 1. The van der Waals surface area contributed by atoms with E-state index in [1.807, 2.05) is 43.2 Å². The van der Waals surface area contributed by atoms with Crippen LogP contribution >= 0.6 is 11.8 Å². The SMILES string of the molecule is CN=C(NCC(C)SC)N(C)Cc1ncc(-c2ccccc2)[nH]1. The van der Waals surface area contributed by atoms with E-state index in [1.165, 1.54) is 0 Å². The number of aliphatic imine (C=N–C) groups is 1. The molecule has 0 saturated heterocycles. The van der Waals surface area contributed by atoms with Gasteiger partial charge in [0.25, 0.3) is 0 Å². The maximum Gasteiger partial charge on any atom is 0.193 e. The zero-order valence-electron chi connectivity index (χ0n) is 14.2. The predicted octanol–water partition coefficient (Wildman–Crippen LogP) is 2.84. The Kier molecular flexibility index (Phi) is 6.52. The lowest BCUT2D eigenvalue weighted by Gasteiger charge is -2.22. The highest BCUT2D eigenvalue weighted by Gasteiger charge is 2.10. The lowest BCUT2D eigenvalue weighted by Crippen LogP contribution is -2.41. The molecule has 2 aromatic rings. The fraction of sp³-hybridized carbons (Fsp3) is 0.412. The molecule has 1 atom stereocenters. The maximum absolute atomic E-state index is 4.48. The average molecular weight is 331 g/mol. The molecule has 0 aliphatic rings. The van der Waals surface area contributed by atoms with Crippen LogP contribution in [-0.4, -0.2) is 53.0 Å². The molecule has 0 amide bonds. The molecular weight excluding hydrogens is 306 g/mol. The molecular formula is C17H25N5S. The minimum Gasteiger partial charge on any atom is -0.355 e. The number of imidazole rings is 1. The van der Waals surface area contributed by atoms with Crippen LogP contribution in [-0.2, 0) is 6.54 Å². The monoisotopic (exact) mass is 331 g/mol. The van der Waals surface area contributed by atoms with Crippen molar-refractivity contribution in [1.82, 2.24) is 20.2 Å². The van der Waals surface area contributed by atoms with Gasteiger partial charge >= 0.3 is 0 Å². The van der Waals surface area contributed by atoms with Gasteiger partial charge in [-0.25, -0.2) is 4.98 Å². The van der Waals surface area contributed by atoms with E-state index in [2.05, 4.69) is 50.5 Å². The van der Waals surface area contributed by atoms with Crippen molar-refractivity contribution in [2.45, 2.75) is 18.7 Å². The summed E-state index contributed by atoms with van der Waals surface area (Å²) in [5, 5.41) is 3.94. The molecule has 1 unspecified atom stereocenters. The first-order chi connectivity index (χ1) is 11.1. The number of aromatic amines is 1. The molecule has 5 nitrogen and oxygen atoms in total. The van der Waals surface area contributed by atoms with E-state index in [4.69, 9.17) is 0 Å². The average Bonchev–Trinajstić information content (AvgIpc) is 3.04. The van der Waals surface area contributed by atoms with E-state index in [0.29, 0.717) is 11.8 Å². The molecule has 1 heterocycles. The molecule has 0 aliphatic heterocycles. The quantitative estimate of drug-likeness (QED) is 0.631. The van der Waals surface area contributed by atoms with E-state index in [1.54, 1.807) is 7.05 Å². The number of nitrogens with one attached hydrogen (secondary N) is 2. The Labute approximate surface area is 142 Å². The lowest BCUT2D eigenvalue weighted by atomic mass is 10.2. The van der Waals surface area contributed by atoms with Crippen molar-refractivity contribution in [2.75, 3.05) is 26.9 Å². The minimum atomic E-state index is 0.549. The van der Waals surface area contributed by atoms with Gasteiger partial charge in [0.05, 0.1) is 18.4 Å². The first-order valence-corrected chi connectivity index (χ1v) is 8.96. The highest BCUT2D eigenvalue weighted by Crippen LogP contribution is 2.16. The lowest BCUT2D eigenvalue weighted by molar-refractivity contribution is 0.464. The Hall–Kier alpha value is -1.95. The number of nitrogens with zero attached hydrogens (tertiary/aromatic N) is 3. The van der Waals surface area contributed by atoms with Gasteiger partial charge in [0.2, 0.25) is 0 Å². The maximum atomic E-state index is 4.48. The van der Waals surface area contributed by atoms with Gasteiger partial charge < -0.3 is 15.2 Å². The van der Waals surface area contributed by atoms with Crippen LogP contribution in [0.5, 0.6) is 0 Å². The van der Waals surface area contributed by atoms with Crippen LogP contribution in [0.15, 0.2) is 41.5 Å². The largest absolute Gasteiger partial charge is 0.355 e. The Morgan fingerprint density at radius 1 is 1.39 bits per heavy atom.